The number of rotatable bonds is 4. The summed E-state index contributed by atoms with van der Waals surface area (Å²) < 4.78 is 22.4. The third kappa shape index (κ3) is 3.78. The number of halogens is 1. The summed E-state index contributed by atoms with van der Waals surface area (Å²) in [5, 5.41) is 3.50. The first-order valence-corrected chi connectivity index (χ1v) is 10.7. The molecule has 5 nitrogen and oxygen atoms in total. The average molecular weight is 375 g/mol. The van der Waals surface area contributed by atoms with Gasteiger partial charge in [-0.2, -0.15) is 0 Å². The summed E-state index contributed by atoms with van der Waals surface area (Å²) in [6.45, 7) is 3.31. The van der Waals surface area contributed by atoms with E-state index >= 15 is 0 Å². The van der Waals surface area contributed by atoms with Gasteiger partial charge in [-0.05, 0) is 35.8 Å². The van der Waals surface area contributed by atoms with Gasteiger partial charge in [0.2, 0.25) is 0 Å². The van der Waals surface area contributed by atoms with E-state index in [9.17, 15) is 13.2 Å². The van der Waals surface area contributed by atoms with E-state index in [1.165, 1.54) is 0 Å². The Morgan fingerprint density at radius 3 is 2.65 bits per heavy atom. The molecule has 0 radical (unpaired) electrons. The van der Waals surface area contributed by atoms with Crippen LogP contribution in [0.15, 0.2) is 23.1 Å². The van der Waals surface area contributed by atoms with Crippen LogP contribution in [0.25, 0.3) is 0 Å². The lowest BCUT2D eigenvalue weighted by Gasteiger charge is -2.45. The van der Waals surface area contributed by atoms with Crippen molar-refractivity contribution in [1.82, 2.24) is 4.90 Å². The van der Waals surface area contributed by atoms with Crippen LogP contribution >= 0.6 is 23.4 Å². The quantitative estimate of drug-likeness (QED) is 0.823. The molecule has 126 valence electrons. The van der Waals surface area contributed by atoms with Gasteiger partial charge in [-0.1, -0.05) is 18.5 Å². The summed E-state index contributed by atoms with van der Waals surface area (Å²) in [6.07, 6.45) is 0. The summed E-state index contributed by atoms with van der Waals surface area (Å²) in [6, 6.07) is 5.33. The van der Waals surface area contributed by atoms with Gasteiger partial charge in [0.05, 0.1) is 17.2 Å². The van der Waals surface area contributed by atoms with E-state index in [0.717, 1.165) is 16.3 Å². The van der Waals surface area contributed by atoms with Crippen LogP contribution in [0.3, 0.4) is 0 Å². The van der Waals surface area contributed by atoms with Crippen molar-refractivity contribution in [2.24, 2.45) is 11.8 Å². The molecular weight excluding hydrogens is 356 g/mol. The molecule has 2 aliphatic rings. The molecule has 1 aromatic carbocycles. The lowest BCUT2D eigenvalue weighted by molar-refractivity contribution is 0.0998. The number of anilines is 1. The largest absolute Gasteiger partial charge is 0.324 e. The van der Waals surface area contributed by atoms with Crippen molar-refractivity contribution in [2.45, 2.75) is 11.8 Å². The van der Waals surface area contributed by atoms with Gasteiger partial charge < -0.3 is 10.2 Å². The van der Waals surface area contributed by atoms with E-state index in [1.54, 1.807) is 22.7 Å². The zero-order valence-electron chi connectivity index (χ0n) is 12.8. The van der Waals surface area contributed by atoms with E-state index in [2.05, 4.69) is 12.2 Å². The van der Waals surface area contributed by atoms with Crippen LogP contribution in [0, 0.1) is 11.8 Å². The number of nitrogens with zero attached hydrogens (tertiary/aromatic N) is 1. The Hall–Kier alpha value is -0.920. The highest BCUT2D eigenvalue weighted by Gasteiger charge is 2.45. The van der Waals surface area contributed by atoms with E-state index < -0.39 is 9.84 Å². The number of likely N-dealkylation sites (tertiary alicyclic amines) is 1. The van der Waals surface area contributed by atoms with Crippen molar-refractivity contribution in [3.63, 3.8) is 0 Å². The average Bonchev–Trinajstić information content (AvgIpc) is 2.38. The predicted octanol–water partition coefficient (Wildman–Crippen LogP) is 2.96. The van der Waals surface area contributed by atoms with Crippen molar-refractivity contribution in [1.29, 1.82) is 0 Å². The van der Waals surface area contributed by atoms with Crippen LogP contribution in [-0.4, -0.2) is 49.7 Å². The fourth-order valence-corrected chi connectivity index (χ4v) is 5.59. The normalized spacial score (nSPS) is 20.7. The number of benzene rings is 1. The van der Waals surface area contributed by atoms with Gasteiger partial charge in [0.15, 0.2) is 9.84 Å². The Balaban J connectivity index is 1.56. The highest BCUT2D eigenvalue weighted by Crippen LogP contribution is 2.34. The number of amides is 2. The summed E-state index contributed by atoms with van der Waals surface area (Å²) in [7, 11) is -2.79. The smallest absolute Gasteiger partial charge is 0.321 e. The molecule has 8 heteroatoms. The second-order valence-corrected chi connectivity index (χ2v) is 9.90. The zero-order valence-corrected chi connectivity index (χ0v) is 15.2. The minimum Gasteiger partial charge on any atom is -0.324 e. The van der Waals surface area contributed by atoms with E-state index in [-0.39, 0.29) is 23.5 Å². The molecule has 0 unspecified atom stereocenters. The van der Waals surface area contributed by atoms with Gasteiger partial charge in [0, 0.05) is 23.0 Å². The second-order valence-electron chi connectivity index (χ2n) is 6.01. The summed E-state index contributed by atoms with van der Waals surface area (Å²) >= 11 is 7.66. The van der Waals surface area contributed by atoms with Crippen molar-refractivity contribution in [3.8, 4) is 0 Å². The van der Waals surface area contributed by atoms with Crippen LogP contribution in [0.5, 0.6) is 0 Å². The molecular formula is C15H19ClN2O3S2. The Morgan fingerprint density at radius 2 is 2.04 bits per heavy atom. The minimum atomic E-state index is -2.79. The maximum Gasteiger partial charge on any atom is 0.321 e. The minimum absolute atomic E-state index is 0.149. The molecule has 0 atom stereocenters. The molecule has 0 aromatic heterocycles. The molecule has 3 rings (SSSR count). The maximum atomic E-state index is 12.3. The van der Waals surface area contributed by atoms with Crippen LogP contribution in [0.2, 0.25) is 5.02 Å². The molecule has 23 heavy (non-hydrogen) atoms. The standard InChI is InChI=1S/C15H19ClN2O3S2/c1-2-22-14-4-3-12(16)5-13(14)17-15(19)18-6-10(7-18)11-8-23(20,21)9-11/h3-5,10-11H,2,6-9H2,1H3,(H,17,19). The van der Waals surface area contributed by atoms with Gasteiger partial charge in [-0.3, -0.25) is 0 Å². The second kappa shape index (κ2) is 6.53. The SMILES string of the molecule is CCSc1ccc(Cl)cc1NC(=O)N1CC(C2CS(=O)(=O)C2)C1. The first-order chi connectivity index (χ1) is 10.9. The molecule has 1 aromatic rings. The number of nitrogens with one attached hydrogen (secondary N) is 1. The summed E-state index contributed by atoms with van der Waals surface area (Å²) in [4.78, 5) is 15.0. The number of thioether (sulfide) groups is 1. The van der Waals surface area contributed by atoms with Crippen LogP contribution in [-0.2, 0) is 9.84 Å². The van der Waals surface area contributed by atoms with Crippen molar-refractivity contribution < 1.29 is 13.2 Å². The zero-order chi connectivity index (χ0) is 16.6. The number of carbonyl (C=O) groups is 1. The molecule has 2 saturated heterocycles. The first-order valence-electron chi connectivity index (χ1n) is 7.56. The molecule has 0 saturated carbocycles. The monoisotopic (exact) mass is 374 g/mol. The Labute approximate surface area is 145 Å². The van der Waals surface area contributed by atoms with Crippen LogP contribution < -0.4 is 5.32 Å². The van der Waals surface area contributed by atoms with Gasteiger partial charge in [0.1, 0.15) is 0 Å². The first kappa shape index (κ1) is 16.9. The van der Waals surface area contributed by atoms with Crippen LogP contribution in [0.1, 0.15) is 6.92 Å². The van der Waals surface area contributed by atoms with E-state index in [0.29, 0.717) is 24.0 Å². The topological polar surface area (TPSA) is 66.5 Å². The van der Waals surface area contributed by atoms with Gasteiger partial charge in [0.25, 0.3) is 0 Å². The lowest BCUT2D eigenvalue weighted by Crippen LogP contribution is -2.58. The van der Waals surface area contributed by atoms with Crippen molar-refractivity contribution in [3.05, 3.63) is 23.2 Å². The predicted molar refractivity (Wildman–Crippen MR) is 94.1 cm³/mol. The molecule has 2 fully saturated rings. The van der Waals surface area contributed by atoms with E-state index in [1.807, 2.05) is 12.1 Å². The molecule has 0 spiro atoms. The van der Waals surface area contributed by atoms with Gasteiger partial charge >= 0.3 is 6.03 Å². The fraction of sp³-hybridized carbons (Fsp3) is 0.533. The van der Waals surface area contributed by atoms with Gasteiger partial charge in [-0.25, -0.2) is 13.2 Å². The Bertz CT molecular complexity index is 705. The van der Waals surface area contributed by atoms with Crippen molar-refractivity contribution in [2.75, 3.05) is 35.7 Å². The Kier molecular flexibility index (Phi) is 4.80. The van der Waals surface area contributed by atoms with Crippen LogP contribution in [0.4, 0.5) is 10.5 Å². The van der Waals surface area contributed by atoms with Crippen molar-refractivity contribution >= 4 is 44.9 Å². The number of hydrogen-bond acceptors (Lipinski definition) is 4. The third-order valence-corrected chi connectivity index (χ3v) is 7.35. The molecule has 2 heterocycles. The molecule has 1 N–H and O–H groups in total. The third-order valence-electron chi connectivity index (χ3n) is 4.28. The summed E-state index contributed by atoms with van der Waals surface area (Å²) in [5.74, 6) is 2.00. The molecule has 0 bridgehead atoms. The molecule has 0 aliphatic carbocycles. The summed E-state index contributed by atoms with van der Waals surface area (Å²) in [5.41, 5.74) is 0.726. The number of urea groups is 1. The highest BCUT2D eigenvalue weighted by molar-refractivity contribution is 7.99. The number of hydrogen-bond donors (Lipinski definition) is 1. The molecule has 2 aliphatic heterocycles. The fourth-order valence-electron chi connectivity index (χ4n) is 2.93. The highest BCUT2D eigenvalue weighted by atomic mass is 35.5. The number of carbonyl (C=O) groups excluding carboxylic acids is 1. The lowest BCUT2D eigenvalue weighted by atomic mass is 9.88. The molecule has 2 amide bonds. The van der Waals surface area contributed by atoms with Gasteiger partial charge in [-0.15, -0.1) is 11.8 Å². The number of sulfone groups is 1. The van der Waals surface area contributed by atoms with E-state index in [4.69, 9.17) is 11.6 Å². The Morgan fingerprint density at radius 1 is 1.35 bits per heavy atom. The maximum absolute atomic E-state index is 12.3.